The first kappa shape index (κ1) is 11.0. The van der Waals surface area contributed by atoms with Gasteiger partial charge in [0.2, 0.25) is 11.8 Å². The summed E-state index contributed by atoms with van der Waals surface area (Å²) in [5.41, 5.74) is 4.79. The van der Waals surface area contributed by atoms with Crippen molar-refractivity contribution in [2.75, 3.05) is 13.1 Å². The van der Waals surface area contributed by atoms with E-state index < -0.39 is 23.9 Å². The molecular weight excluding hydrogens is 204 g/mol. The molecule has 0 aromatic carbocycles. The fourth-order valence-electron chi connectivity index (χ4n) is 1.09. The predicted molar refractivity (Wildman–Crippen MR) is 47.5 cm³/mol. The molecule has 1 aliphatic rings. The number of hydrogen-bond acceptors (Lipinski definition) is 4. The Morgan fingerprint density at radius 1 is 1.47 bits per heavy atom. The minimum atomic E-state index is -0.775. The average molecular weight is 214 g/mol. The summed E-state index contributed by atoms with van der Waals surface area (Å²) in [4.78, 5) is 44.2. The Labute approximate surface area is 84.8 Å². The Hall–Kier alpha value is -2.12. The zero-order valence-corrected chi connectivity index (χ0v) is 7.78. The molecule has 8 heteroatoms. The van der Waals surface area contributed by atoms with Crippen molar-refractivity contribution in [1.82, 2.24) is 15.5 Å². The minimum absolute atomic E-state index is 0.0130. The summed E-state index contributed by atoms with van der Waals surface area (Å²) in [6.07, 6.45) is -0.359. The normalized spacial score (nSPS) is 16.3. The van der Waals surface area contributed by atoms with Crippen molar-refractivity contribution in [3.63, 3.8) is 0 Å². The lowest BCUT2D eigenvalue weighted by Gasteiger charge is -2.24. The van der Waals surface area contributed by atoms with Crippen molar-refractivity contribution in [3.8, 4) is 0 Å². The molecule has 6 amide bonds. The van der Waals surface area contributed by atoms with Gasteiger partial charge in [-0.15, -0.1) is 0 Å². The van der Waals surface area contributed by atoms with Crippen LogP contribution in [0.25, 0.3) is 0 Å². The summed E-state index contributed by atoms with van der Waals surface area (Å²) >= 11 is 0. The SMILES string of the molecule is NC(=O)NCCN1C(=O)CC(=O)NC1=O. The molecule has 0 spiro atoms. The number of carbonyl (C=O) groups excluding carboxylic acids is 4. The molecule has 0 aromatic rings. The van der Waals surface area contributed by atoms with Gasteiger partial charge in [0.25, 0.3) is 0 Å². The maximum atomic E-state index is 11.2. The molecular formula is C7H10N4O4. The number of amides is 6. The van der Waals surface area contributed by atoms with Crippen LogP contribution in [0.3, 0.4) is 0 Å². The van der Waals surface area contributed by atoms with Crippen molar-refractivity contribution < 1.29 is 19.2 Å². The van der Waals surface area contributed by atoms with Crippen molar-refractivity contribution in [3.05, 3.63) is 0 Å². The van der Waals surface area contributed by atoms with Gasteiger partial charge in [-0.25, -0.2) is 9.59 Å². The zero-order chi connectivity index (χ0) is 11.4. The van der Waals surface area contributed by atoms with E-state index in [9.17, 15) is 19.2 Å². The summed E-state index contributed by atoms with van der Waals surface area (Å²) in [5, 5.41) is 4.21. The molecule has 1 aliphatic heterocycles. The molecule has 0 aromatic heterocycles. The van der Waals surface area contributed by atoms with Gasteiger partial charge < -0.3 is 11.1 Å². The smallest absolute Gasteiger partial charge is 0.330 e. The number of rotatable bonds is 3. The molecule has 8 nitrogen and oxygen atoms in total. The predicted octanol–water partition coefficient (Wildman–Crippen LogP) is -1.88. The molecule has 1 heterocycles. The van der Waals surface area contributed by atoms with Crippen LogP contribution in [-0.2, 0) is 9.59 Å². The number of carbonyl (C=O) groups is 4. The largest absolute Gasteiger partial charge is 0.352 e. The van der Waals surface area contributed by atoms with Crippen LogP contribution >= 0.6 is 0 Å². The van der Waals surface area contributed by atoms with E-state index in [0.29, 0.717) is 0 Å². The Kier molecular flexibility index (Phi) is 3.21. The van der Waals surface area contributed by atoms with E-state index in [1.165, 1.54) is 0 Å². The minimum Gasteiger partial charge on any atom is -0.352 e. The number of hydrogen-bond donors (Lipinski definition) is 3. The molecule has 82 valence electrons. The lowest BCUT2D eigenvalue weighted by Crippen LogP contribution is -2.54. The van der Waals surface area contributed by atoms with E-state index in [1.54, 1.807) is 0 Å². The first-order chi connectivity index (χ1) is 7.00. The highest BCUT2D eigenvalue weighted by Gasteiger charge is 2.30. The van der Waals surface area contributed by atoms with E-state index in [1.807, 2.05) is 5.32 Å². The van der Waals surface area contributed by atoms with Crippen molar-refractivity contribution in [1.29, 1.82) is 0 Å². The van der Waals surface area contributed by atoms with E-state index >= 15 is 0 Å². The van der Waals surface area contributed by atoms with Crippen LogP contribution in [-0.4, -0.2) is 41.9 Å². The quantitative estimate of drug-likeness (QED) is 0.476. The number of nitrogens with zero attached hydrogens (tertiary/aromatic N) is 1. The van der Waals surface area contributed by atoms with Crippen LogP contribution < -0.4 is 16.4 Å². The highest BCUT2D eigenvalue weighted by molar-refractivity contribution is 6.14. The molecule has 1 fully saturated rings. The number of imide groups is 2. The molecule has 0 bridgehead atoms. The van der Waals surface area contributed by atoms with Crippen LogP contribution in [0, 0.1) is 0 Å². The van der Waals surface area contributed by atoms with E-state index in [4.69, 9.17) is 5.73 Å². The Bertz CT molecular complexity index is 307. The molecule has 0 saturated carbocycles. The van der Waals surface area contributed by atoms with Gasteiger partial charge in [0.05, 0.1) is 0 Å². The standard InChI is InChI=1S/C7H10N4O4/c8-6(14)9-1-2-11-5(13)3-4(12)10-7(11)15/h1-3H2,(H3,8,9,14)(H,10,12,15). The number of primary amides is 1. The molecule has 4 N–H and O–H groups in total. The van der Waals surface area contributed by atoms with E-state index in [0.717, 1.165) is 4.90 Å². The second-order valence-electron chi connectivity index (χ2n) is 2.87. The van der Waals surface area contributed by atoms with Gasteiger partial charge in [-0.3, -0.25) is 19.8 Å². The fourth-order valence-corrected chi connectivity index (χ4v) is 1.09. The number of barbiturate groups is 1. The van der Waals surface area contributed by atoms with Crippen LogP contribution in [0.4, 0.5) is 9.59 Å². The third-order valence-corrected chi connectivity index (χ3v) is 1.74. The molecule has 0 radical (unpaired) electrons. The highest BCUT2D eigenvalue weighted by Crippen LogP contribution is 2.01. The molecule has 15 heavy (non-hydrogen) atoms. The summed E-state index contributed by atoms with van der Waals surface area (Å²) < 4.78 is 0. The maximum Gasteiger partial charge on any atom is 0.330 e. The molecule has 0 atom stereocenters. The van der Waals surface area contributed by atoms with Gasteiger partial charge in [-0.2, -0.15) is 0 Å². The van der Waals surface area contributed by atoms with Crippen LogP contribution in [0.1, 0.15) is 6.42 Å². The first-order valence-corrected chi connectivity index (χ1v) is 4.18. The summed E-state index contributed by atoms with van der Waals surface area (Å²) in [6.45, 7) is 0.0452. The van der Waals surface area contributed by atoms with Gasteiger partial charge in [0.15, 0.2) is 0 Å². The van der Waals surface area contributed by atoms with Gasteiger partial charge in [-0.1, -0.05) is 0 Å². The fraction of sp³-hybridized carbons (Fsp3) is 0.429. The average Bonchev–Trinajstić information content (AvgIpc) is 2.08. The van der Waals surface area contributed by atoms with Gasteiger partial charge in [0.1, 0.15) is 6.42 Å². The third-order valence-electron chi connectivity index (χ3n) is 1.74. The van der Waals surface area contributed by atoms with Crippen LogP contribution in [0.2, 0.25) is 0 Å². The Balaban J connectivity index is 2.46. The lowest BCUT2D eigenvalue weighted by atomic mass is 10.3. The van der Waals surface area contributed by atoms with Gasteiger partial charge >= 0.3 is 12.1 Å². The Morgan fingerprint density at radius 3 is 2.67 bits per heavy atom. The molecule has 0 unspecified atom stereocenters. The monoisotopic (exact) mass is 214 g/mol. The first-order valence-electron chi connectivity index (χ1n) is 4.18. The van der Waals surface area contributed by atoms with Gasteiger partial charge in [0, 0.05) is 13.1 Å². The van der Waals surface area contributed by atoms with E-state index in [2.05, 4.69) is 5.32 Å². The lowest BCUT2D eigenvalue weighted by molar-refractivity contribution is -0.136. The van der Waals surface area contributed by atoms with Crippen LogP contribution in [0.15, 0.2) is 0 Å². The maximum absolute atomic E-state index is 11.2. The second kappa shape index (κ2) is 4.40. The molecule has 1 rings (SSSR count). The topological polar surface area (TPSA) is 122 Å². The highest BCUT2D eigenvalue weighted by atomic mass is 16.2. The summed E-state index contributed by atoms with van der Waals surface area (Å²) in [7, 11) is 0. The number of nitrogens with one attached hydrogen (secondary N) is 2. The second-order valence-corrected chi connectivity index (χ2v) is 2.87. The molecule has 1 saturated heterocycles. The summed E-state index contributed by atoms with van der Waals surface area (Å²) in [5.74, 6) is -1.21. The Morgan fingerprint density at radius 2 is 2.13 bits per heavy atom. The van der Waals surface area contributed by atoms with Crippen molar-refractivity contribution in [2.24, 2.45) is 5.73 Å². The zero-order valence-electron chi connectivity index (χ0n) is 7.78. The van der Waals surface area contributed by atoms with Gasteiger partial charge in [-0.05, 0) is 0 Å². The van der Waals surface area contributed by atoms with Crippen molar-refractivity contribution >= 4 is 23.9 Å². The van der Waals surface area contributed by atoms with Crippen LogP contribution in [0.5, 0.6) is 0 Å². The third kappa shape index (κ3) is 2.93. The molecule has 0 aliphatic carbocycles. The summed E-state index contributed by atoms with van der Waals surface area (Å²) in [6, 6.07) is -1.52. The number of urea groups is 2. The number of nitrogens with two attached hydrogens (primary N) is 1. The van der Waals surface area contributed by atoms with Crippen molar-refractivity contribution in [2.45, 2.75) is 6.42 Å². The van der Waals surface area contributed by atoms with E-state index in [-0.39, 0.29) is 19.5 Å².